The van der Waals surface area contributed by atoms with Gasteiger partial charge in [0.1, 0.15) is 5.78 Å². The van der Waals surface area contributed by atoms with Crippen molar-refractivity contribution in [1.29, 1.82) is 0 Å². The fourth-order valence-electron chi connectivity index (χ4n) is 9.44. The molecule has 4 rings (SSSR count). The molecule has 4 saturated carbocycles. The Bertz CT molecular complexity index is 784. The van der Waals surface area contributed by atoms with Crippen LogP contribution < -0.4 is 0 Å². The maximum absolute atomic E-state index is 13.3. The van der Waals surface area contributed by atoms with E-state index in [1.54, 1.807) is 0 Å². The van der Waals surface area contributed by atoms with Crippen molar-refractivity contribution in [2.75, 3.05) is 6.61 Å². The normalized spacial score (nSPS) is 41.6. The Morgan fingerprint density at radius 1 is 1.00 bits per heavy atom. The first-order chi connectivity index (χ1) is 16.1. The summed E-state index contributed by atoms with van der Waals surface area (Å²) in [6, 6.07) is 0. The van der Waals surface area contributed by atoms with Crippen molar-refractivity contribution < 1.29 is 14.3 Å². The van der Waals surface area contributed by atoms with Gasteiger partial charge < -0.3 is 4.74 Å². The molecule has 0 radical (unpaired) electrons. The van der Waals surface area contributed by atoms with Crippen molar-refractivity contribution in [3.05, 3.63) is 12.2 Å². The molecule has 0 heterocycles. The summed E-state index contributed by atoms with van der Waals surface area (Å²) < 4.78 is 5.22. The number of allylic oxidation sites excluding steroid dienone is 2. The van der Waals surface area contributed by atoms with Gasteiger partial charge in [-0.1, -0.05) is 59.6 Å². The predicted molar refractivity (Wildman–Crippen MR) is 138 cm³/mol. The standard InChI is InChI=1S/C31H50O3/c1-20(2)23(15-18-34-22(4)32)11-10-21(3)25-12-13-26-24-19-29(33)28-9-7-8-16-30(28,5)27(24)14-17-31(25,26)6/h10-11,20-21,23-28H,7-9,12-19H2,1-6H3/t21-,23+,24+,25-,26+,27+,28?,30-,31-/m1/s1. The van der Waals surface area contributed by atoms with Gasteiger partial charge in [-0.25, -0.2) is 0 Å². The third-order valence-electron chi connectivity index (χ3n) is 11.3. The lowest BCUT2D eigenvalue weighted by Crippen LogP contribution is -2.55. The second-order valence-electron chi connectivity index (χ2n) is 13.4. The molecule has 4 aliphatic rings. The van der Waals surface area contributed by atoms with E-state index in [1.165, 1.54) is 51.9 Å². The number of carbonyl (C=O) groups excluding carboxylic acids is 2. The van der Waals surface area contributed by atoms with Crippen LogP contribution in [0.1, 0.15) is 106 Å². The Kier molecular flexibility index (Phi) is 7.71. The highest BCUT2D eigenvalue weighted by molar-refractivity contribution is 5.83. The topological polar surface area (TPSA) is 43.4 Å². The highest BCUT2D eigenvalue weighted by Crippen LogP contribution is 2.67. The molecule has 192 valence electrons. The first kappa shape index (κ1) is 26.0. The zero-order valence-electron chi connectivity index (χ0n) is 22.8. The summed E-state index contributed by atoms with van der Waals surface area (Å²) >= 11 is 0. The zero-order chi connectivity index (χ0) is 24.7. The van der Waals surface area contributed by atoms with E-state index in [1.807, 2.05) is 0 Å². The molecule has 3 heteroatoms. The van der Waals surface area contributed by atoms with Crippen LogP contribution in [-0.2, 0) is 14.3 Å². The number of hydrogen-bond donors (Lipinski definition) is 0. The summed E-state index contributed by atoms with van der Waals surface area (Å²) in [5.74, 6) is 5.14. The summed E-state index contributed by atoms with van der Waals surface area (Å²) in [6.45, 7) is 14.0. The van der Waals surface area contributed by atoms with Gasteiger partial charge in [-0.05, 0) is 97.2 Å². The Morgan fingerprint density at radius 2 is 1.74 bits per heavy atom. The van der Waals surface area contributed by atoms with Crippen molar-refractivity contribution in [2.45, 2.75) is 106 Å². The van der Waals surface area contributed by atoms with Crippen LogP contribution in [0.5, 0.6) is 0 Å². The summed E-state index contributed by atoms with van der Waals surface area (Å²) in [6.07, 6.45) is 17.0. The molecule has 0 saturated heterocycles. The molecule has 4 aliphatic carbocycles. The van der Waals surface area contributed by atoms with Crippen molar-refractivity contribution >= 4 is 11.8 Å². The van der Waals surface area contributed by atoms with Crippen molar-refractivity contribution in [1.82, 2.24) is 0 Å². The molecule has 0 amide bonds. The van der Waals surface area contributed by atoms with E-state index in [4.69, 9.17) is 4.74 Å². The maximum Gasteiger partial charge on any atom is 0.302 e. The van der Waals surface area contributed by atoms with Gasteiger partial charge in [-0.2, -0.15) is 0 Å². The predicted octanol–water partition coefficient (Wildman–Crippen LogP) is 7.63. The summed E-state index contributed by atoms with van der Waals surface area (Å²) in [5.41, 5.74) is 0.643. The van der Waals surface area contributed by atoms with Crippen LogP contribution in [0.2, 0.25) is 0 Å². The van der Waals surface area contributed by atoms with Crippen LogP contribution in [0, 0.1) is 58.2 Å². The van der Waals surface area contributed by atoms with Crippen molar-refractivity contribution in [2.24, 2.45) is 58.2 Å². The molecule has 3 nitrogen and oxygen atoms in total. The van der Waals surface area contributed by atoms with E-state index < -0.39 is 0 Å². The second kappa shape index (κ2) is 10.1. The van der Waals surface area contributed by atoms with Gasteiger partial charge in [0, 0.05) is 19.3 Å². The van der Waals surface area contributed by atoms with Crippen LogP contribution in [0.4, 0.5) is 0 Å². The number of ether oxygens (including phenoxy) is 1. The molecule has 1 unspecified atom stereocenters. The Hall–Kier alpha value is -1.12. The highest BCUT2D eigenvalue weighted by atomic mass is 16.5. The van der Waals surface area contributed by atoms with Gasteiger partial charge in [0.05, 0.1) is 6.61 Å². The van der Waals surface area contributed by atoms with Crippen LogP contribution in [0.3, 0.4) is 0 Å². The molecule has 0 bridgehead atoms. The first-order valence-corrected chi connectivity index (χ1v) is 14.4. The Morgan fingerprint density at radius 3 is 2.44 bits per heavy atom. The second-order valence-corrected chi connectivity index (χ2v) is 13.4. The molecular formula is C31H50O3. The number of carbonyl (C=O) groups is 2. The third-order valence-corrected chi connectivity index (χ3v) is 11.3. The highest BCUT2D eigenvalue weighted by Gasteiger charge is 2.61. The summed E-state index contributed by atoms with van der Waals surface area (Å²) in [7, 11) is 0. The van der Waals surface area contributed by atoms with Crippen LogP contribution in [0.25, 0.3) is 0 Å². The summed E-state index contributed by atoms with van der Waals surface area (Å²) in [4.78, 5) is 24.5. The lowest BCUT2D eigenvalue weighted by molar-refractivity contribution is -0.154. The Balaban J connectivity index is 1.46. The number of rotatable bonds is 7. The molecule has 0 aromatic rings. The van der Waals surface area contributed by atoms with E-state index in [-0.39, 0.29) is 11.4 Å². The monoisotopic (exact) mass is 470 g/mol. The van der Waals surface area contributed by atoms with Crippen LogP contribution in [-0.4, -0.2) is 18.4 Å². The Labute approximate surface area is 208 Å². The van der Waals surface area contributed by atoms with Gasteiger partial charge >= 0.3 is 5.97 Å². The van der Waals surface area contributed by atoms with Gasteiger partial charge in [0.25, 0.3) is 0 Å². The van der Waals surface area contributed by atoms with Gasteiger partial charge in [-0.3, -0.25) is 9.59 Å². The zero-order valence-corrected chi connectivity index (χ0v) is 22.8. The third kappa shape index (κ3) is 4.66. The fraction of sp³-hybridized carbons (Fsp3) is 0.871. The molecular weight excluding hydrogens is 420 g/mol. The number of ketones is 1. The van der Waals surface area contributed by atoms with E-state index in [0.717, 1.165) is 31.1 Å². The lowest BCUT2D eigenvalue weighted by Gasteiger charge is -2.60. The largest absolute Gasteiger partial charge is 0.466 e. The summed E-state index contributed by atoms with van der Waals surface area (Å²) in [5, 5.41) is 0. The van der Waals surface area contributed by atoms with E-state index in [2.05, 4.69) is 46.8 Å². The lowest BCUT2D eigenvalue weighted by atomic mass is 9.44. The molecule has 9 atom stereocenters. The molecule has 4 fully saturated rings. The van der Waals surface area contributed by atoms with Crippen LogP contribution >= 0.6 is 0 Å². The van der Waals surface area contributed by atoms with Gasteiger partial charge in [-0.15, -0.1) is 0 Å². The molecule has 34 heavy (non-hydrogen) atoms. The smallest absolute Gasteiger partial charge is 0.302 e. The SMILES string of the molecule is CC(=O)OCC[C@H](C=C[C@@H](C)[C@H]1CC[C@H]2[C@@H]3CC(=O)C4CCCC[C@]4(C)[C@H]3CC[C@]12C)C(C)C. The maximum atomic E-state index is 13.3. The van der Waals surface area contributed by atoms with Crippen molar-refractivity contribution in [3.8, 4) is 0 Å². The van der Waals surface area contributed by atoms with E-state index in [0.29, 0.717) is 53.3 Å². The molecule has 0 aliphatic heterocycles. The van der Waals surface area contributed by atoms with Crippen LogP contribution in [0.15, 0.2) is 12.2 Å². The van der Waals surface area contributed by atoms with E-state index >= 15 is 0 Å². The average molecular weight is 471 g/mol. The fourth-order valence-corrected chi connectivity index (χ4v) is 9.44. The number of fused-ring (bicyclic) bond motifs is 5. The minimum Gasteiger partial charge on any atom is -0.466 e. The molecule has 0 aromatic carbocycles. The van der Waals surface area contributed by atoms with Gasteiger partial charge in [0.2, 0.25) is 0 Å². The quantitative estimate of drug-likeness (QED) is 0.284. The number of hydrogen-bond acceptors (Lipinski definition) is 3. The molecule has 0 aromatic heterocycles. The van der Waals surface area contributed by atoms with Gasteiger partial charge in [0.15, 0.2) is 0 Å². The first-order valence-electron chi connectivity index (χ1n) is 14.4. The van der Waals surface area contributed by atoms with E-state index in [9.17, 15) is 9.59 Å². The minimum atomic E-state index is -0.185. The van der Waals surface area contributed by atoms with Crippen molar-refractivity contribution in [3.63, 3.8) is 0 Å². The molecule has 0 spiro atoms. The minimum absolute atomic E-state index is 0.185. The molecule has 0 N–H and O–H groups in total. The number of esters is 1. The number of Topliss-reactive ketones (excluding diaryl/α,β-unsaturated/α-hetero) is 1. The average Bonchev–Trinajstić information content (AvgIpc) is 3.13.